The van der Waals surface area contributed by atoms with Crippen LogP contribution in [0.25, 0.3) is 5.69 Å². The zero-order valence-corrected chi connectivity index (χ0v) is 13.3. The van der Waals surface area contributed by atoms with Crippen molar-refractivity contribution >= 4 is 17.2 Å². The van der Waals surface area contributed by atoms with Crippen LogP contribution in [0, 0.1) is 0 Å². The number of tetrazole rings is 1. The Morgan fingerprint density at radius 2 is 2.13 bits per heavy atom. The van der Waals surface area contributed by atoms with Crippen molar-refractivity contribution in [3.8, 4) is 11.4 Å². The van der Waals surface area contributed by atoms with Gasteiger partial charge in [0.25, 0.3) is 5.91 Å². The van der Waals surface area contributed by atoms with Crippen molar-refractivity contribution in [2.75, 3.05) is 13.7 Å². The van der Waals surface area contributed by atoms with Gasteiger partial charge >= 0.3 is 0 Å². The van der Waals surface area contributed by atoms with Gasteiger partial charge in [0.05, 0.1) is 12.2 Å². The molecule has 0 fully saturated rings. The van der Waals surface area contributed by atoms with Crippen molar-refractivity contribution in [1.29, 1.82) is 0 Å². The van der Waals surface area contributed by atoms with E-state index in [9.17, 15) is 4.79 Å². The highest BCUT2D eigenvalue weighted by atomic mass is 32.1. The zero-order valence-electron chi connectivity index (χ0n) is 12.5. The van der Waals surface area contributed by atoms with Gasteiger partial charge in [-0.25, -0.2) is 4.68 Å². The van der Waals surface area contributed by atoms with Crippen LogP contribution in [0.2, 0.25) is 0 Å². The Morgan fingerprint density at radius 1 is 1.30 bits per heavy atom. The largest absolute Gasteiger partial charge is 0.484 e. The van der Waals surface area contributed by atoms with E-state index < -0.39 is 0 Å². The van der Waals surface area contributed by atoms with Gasteiger partial charge in [-0.3, -0.25) is 4.79 Å². The number of thiophene rings is 1. The Bertz CT molecular complexity index is 741. The maximum absolute atomic E-state index is 12.1. The number of carbonyl (C=O) groups is 1. The van der Waals surface area contributed by atoms with E-state index in [1.54, 1.807) is 40.1 Å². The summed E-state index contributed by atoms with van der Waals surface area (Å²) in [7, 11) is 1.77. The Kier molecular flexibility index (Phi) is 4.62. The zero-order chi connectivity index (χ0) is 16.1. The van der Waals surface area contributed by atoms with Crippen LogP contribution in [0.1, 0.15) is 4.88 Å². The molecular weight excluding hydrogens is 314 g/mol. The third kappa shape index (κ3) is 3.92. The second kappa shape index (κ2) is 7.01. The lowest BCUT2D eigenvalue weighted by atomic mass is 10.3. The summed E-state index contributed by atoms with van der Waals surface area (Å²) in [5, 5.41) is 13.0. The molecule has 3 aromatic rings. The maximum atomic E-state index is 12.1. The Morgan fingerprint density at radius 3 is 2.78 bits per heavy atom. The molecule has 0 N–H and O–H groups in total. The van der Waals surface area contributed by atoms with Crippen molar-refractivity contribution in [2.45, 2.75) is 6.54 Å². The van der Waals surface area contributed by atoms with E-state index in [0.717, 1.165) is 10.6 Å². The van der Waals surface area contributed by atoms with E-state index >= 15 is 0 Å². The number of benzene rings is 1. The average Bonchev–Trinajstić information content (AvgIpc) is 3.26. The topological polar surface area (TPSA) is 73.1 Å². The molecule has 7 nitrogen and oxygen atoms in total. The van der Waals surface area contributed by atoms with Gasteiger partial charge in [0.2, 0.25) is 0 Å². The lowest BCUT2D eigenvalue weighted by molar-refractivity contribution is -0.132. The summed E-state index contributed by atoms with van der Waals surface area (Å²) >= 11 is 1.63. The average molecular weight is 329 g/mol. The van der Waals surface area contributed by atoms with Gasteiger partial charge in [-0.15, -0.1) is 16.4 Å². The van der Waals surface area contributed by atoms with Crippen molar-refractivity contribution < 1.29 is 9.53 Å². The van der Waals surface area contributed by atoms with Crippen LogP contribution >= 0.6 is 11.3 Å². The van der Waals surface area contributed by atoms with Crippen molar-refractivity contribution in [3.05, 3.63) is 53.0 Å². The number of aromatic nitrogens is 4. The van der Waals surface area contributed by atoms with Crippen LogP contribution < -0.4 is 4.74 Å². The monoisotopic (exact) mass is 329 g/mol. The number of ether oxygens (including phenoxy) is 1. The minimum atomic E-state index is -0.0667. The fourth-order valence-corrected chi connectivity index (χ4v) is 2.71. The predicted octanol–water partition coefficient (Wildman–Crippen LogP) is 1.76. The van der Waals surface area contributed by atoms with E-state index in [1.165, 1.54) is 6.33 Å². The summed E-state index contributed by atoms with van der Waals surface area (Å²) in [5.74, 6) is 0.558. The number of nitrogens with zero attached hydrogens (tertiary/aromatic N) is 5. The van der Waals surface area contributed by atoms with Crippen LogP contribution in [0.3, 0.4) is 0 Å². The van der Waals surface area contributed by atoms with Crippen LogP contribution in [0.4, 0.5) is 0 Å². The fourth-order valence-electron chi connectivity index (χ4n) is 1.95. The second-order valence-electron chi connectivity index (χ2n) is 4.87. The molecule has 0 atom stereocenters. The molecule has 0 radical (unpaired) electrons. The molecular formula is C15H15N5O2S. The molecule has 0 saturated carbocycles. The number of rotatable bonds is 6. The van der Waals surface area contributed by atoms with E-state index in [2.05, 4.69) is 15.5 Å². The Labute approximate surface area is 137 Å². The molecule has 0 saturated heterocycles. The number of hydrogen-bond donors (Lipinski definition) is 0. The van der Waals surface area contributed by atoms with Crippen molar-refractivity contribution in [2.24, 2.45) is 0 Å². The minimum Gasteiger partial charge on any atom is -0.484 e. The first-order valence-electron chi connectivity index (χ1n) is 6.95. The third-order valence-corrected chi connectivity index (χ3v) is 4.07. The van der Waals surface area contributed by atoms with E-state index in [-0.39, 0.29) is 12.5 Å². The first-order chi connectivity index (χ1) is 11.2. The van der Waals surface area contributed by atoms with Crippen molar-refractivity contribution in [1.82, 2.24) is 25.1 Å². The minimum absolute atomic E-state index is 0.00605. The van der Waals surface area contributed by atoms with Gasteiger partial charge in [-0.1, -0.05) is 6.07 Å². The van der Waals surface area contributed by atoms with Crippen LogP contribution in [0.15, 0.2) is 48.1 Å². The standard InChI is InChI=1S/C15H15N5O2S/c1-19(9-14-3-2-8-23-14)15(21)10-22-13-6-4-12(5-7-13)20-11-16-17-18-20/h2-8,11H,9-10H2,1H3. The molecule has 0 aliphatic carbocycles. The SMILES string of the molecule is CN(Cc1cccs1)C(=O)COc1ccc(-n2cnnn2)cc1. The smallest absolute Gasteiger partial charge is 0.260 e. The fraction of sp³-hybridized carbons (Fsp3) is 0.200. The van der Waals surface area contributed by atoms with E-state index in [0.29, 0.717) is 12.3 Å². The summed E-state index contributed by atoms with van der Waals surface area (Å²) in [6.07, 6.45) is 1.51. The highest BCUT2D eigenvalue weighted by Gasteiger charge is 2.10. The molecule has 2 heterocycles. The van der Waals surface area contributed by atoms with Gasteiger partial charge < -0.3 is 9.64 Å². The second-order valence-corrected chi connectivity index (χ2v) is 5.90. The lowest BCUT2D eigenvalue weighted by Crippen LogP contribution is -2.30. The third-order valence-electron chi connectivity index (χ3n) is 3.21. The molecule has 3 rings (SSSR count). The maximum Gasteiger partial charge on any atom is 0.260 e. The van der Waals surface area contributed by atoms with Gasteiger partial charge in [0.1, 0.15) is 12.1 Å². The number of hydrogen-bond acceptors (Lipinski definition) is 6. The molecule has 0 unspecified atom stereocenters. The molecule has 118 valence electrons. The van der Waals surface area contributed by atoms with Gasteiger partial charge in [-0.05, 0) is 46.1 Å². The molecule has 2 aromatic heterocycles. The summed E-state index contributed by atoms with van der Waals surface area (Å²) in [4.78, 5) is 14.9. The predicted molar refractivity (Wildman–Crippen MR) is 85.4 cm³/mol. The summed E-state index contributed by atoms with van der Waals surface area (Å²) in [6, 6.07) is 11.2. The highest BCUT2D eigenvalue weighted by Crippen LogP contribution is 2.15. The molecule has 0 aliphatic rings. The molecule has 0 spiro atoms. The number of carbonyl (C=O) groups excluding carboxylic acids is 1. The molecule has 8 heteroatoms. The molecule has 23 heavy (non-hydrogen) atoms. The first-order valence-corrected chi connectivity index (χ1v) is 7.83. The highest BCUT2D eigenvalue weighted by molar-refractivity contribution is 7.09. The number of likely N-dealkylation sites (N-methyl/N-ethyl adjacent to an activating group) is 1. The van der Waals surface area contributed by atoms with E-state index in [4.69, 9.17) is 4.74 Å². The Balaban J connectivity index is 1.52. The number of amides is 1. The van der Waals surface area contributed by atoms with Crippen LogP contribution in [-0.4, -0.2) is 44.7 Å². The normalized spacial score (nSPS) is 10.5. The quantitative estimate of drug-likeness (QED) is 0.689. The lowest BCUT2D eigenvalue weighted by Gasteiger charge is -2.16. The molecule has 1 aromatic carbocycles. The van der Waals surface area contributed by atoms with Gasteiger partial charge in [0, 0.05) is 11.9 Å². The Hall–Kier alpha value is -2.74. The van der Waals surface area contributed by atoms with Gasteiger partial charge in [-0.2, -0.15) is 0 Å². The summed E-state index contributed by atoms with van der Waals surface area (Å²) in [6.45, 7) is 0.601. The van der Waals surface area contributed by atoms with Crippen LogP contribution in [0.5, 0.6) is 5.75 Å². The molecule has 1 amide bonds. The molecule has 0 bridgehead atoms. The summed E-state index contributed by atoms with van der Waals surface area (Å²) in [5.41, 5.74) is 0.823. The van der Waals surface area contributed by atoms with E-state index in [1.807, 2.05) is 29.6 Å². The van der Waals surface area contributed by atoms with Crippen molar-refractivity contribution in [3.63, 3.8) is 0 Å². The first kappa shape index (κ1) is 15.2. The molecule has 0 aliphatic heterocycles. The summed E-state index contributed by atoms with van der Waals surface area (Å²) < 4.78 is 7.08. The van der Waals surface area contributed by atoms with Crippen LogP contribution in [-0.2, 0) is 11.3 Å². The van der Waals surface area contributed by atoms with Gasteiger partial charge in [0.15, 0.2) is 6.61 Å².